The van der Waals surface area contributed by atoms with Gasteiger partial charge in [0.2, 0.25) is 5.76 Å². The van der Waals surface area contributed by atoms with Crippen LogP contribution in [0.15, 0.2) is 10.6 Å². The quantitative estimate of drug-likeness (QED) is 0.725. The monoisotopic (exact) mass is 212 g/mol. The van der Waals surface area contributed by atoms with Crippen molar-refractivity contribution in [1.82, 2.24) is 10.5 Å². The summed E-state index contributed by atoms with van der Waals surface area (Å²) in [6.07, 6.45) is 0.134. The van der Waals surface area contributed by atoms with E-state index in [1.54, 1.807) is 6.92 Å². The number of nitrogens with zero attached hydrogens (tertiary/aromatic N) is 1. The number of rotatable bonds is 4. The third kappa shape index (κ3) is 3.41. The molecule has 1 aromatic heterocycles. The molecule has 0 unspecified atom stereocenters. The van der Waals surface area contributed by atoms with Crippen LogP contribution in [0.3, 0.4) is 0 Å². The molecule has 0 bridgehead atoms. The van der Waals surface area contributed by atoms with Crippen molar-refractivity contribution in [2.75, 3.05) is 13.7 Å². The lowest BCUT2D eigenvalue weighted by atomic mass is 10.3. The predicted molar refractivity (Wildman–Crippen MR) is 50.2 cm³/mol. The molecule has 0 fully saturated rings. The van der Waals surface area contributed by atoms with Crippen molar-refractivity contribution in [2.45, 2.75) is 13.3 Å². The van der Waals surface area contributed by atoms with Gasteiger partial charge in [0.25, 0.3) is 5.91 Å². The molecule has 0 radical (unpaired) electrons. The Hall–Kier alpha value is -1.85. The Labute approximate surface area is 86.6 Å². The first-order chi connectivity index (χ1) is 7.13. The highest BCUT2D eigenvalue weighted by molar-refractivity contribution is 5.91. The van der Waals surface area contributed by atoms with Gasteiger partial charge in [-0.25, -0.2) is 0 Å². The van der Waals surface area contributed by atoms with E-state index in [-0.39, 0.29) is 30.6 Å². The molecule has 1 amide bonds. The molecule has 6 nitrogen and oxygen atoms in total. The van der Waals surface area contributed by atoms with Crippen LogP contribution in [-0.2, 0) is 9.53 Å². The van der Waals surface area contributed by atoms with E-state index in [1.165, 1.54) is 13.2 Å². The van der Waals surface area contributed by atoms with Gasteiger partial charge in [-0.1, -0.05) is 5.16 Å². The van der Waals surface area contributed by atoms with Gasteiger partial charge in [0.05, 0.1) is 19.2 Å². The maximum absolute atomic E-state index is 11.3. The molecule has 6 heteroatoms. The normalized spacial score (nSPS) is 9.73. The Morgan fingerprint density at radius 3 is 2.87 bits per heavy atom. The van der Waals surface area contributed by atoms with Crippen LogP contribution in [0.2, 0.25) is 0 Å². The van der Waals surface area contributed by atoms with Crippen molar-refractivity contribution in [3.05, 3.63) is 17.5 Å². The molecule has 1 heterocycles. The van der Waals surface area contributed by atoms with Crippen molar-refractivity contribution in [2.24, 2.45) is 0 Å². The highest BCUT2D eigenvalue weighted by atomic mass is 16.5. The highest BCUT2D eigenvalue weighted by Crippen LogP contribution is 2.01. The minimum Gasteiger partial charge on any atom is -0.469 e. The molecule has 82 valence electrons. The first-order valence-electron chi connectivity index (χ1n) is 4.42. The summed E-state index contributed by atoms with van der Waals surface area (Å²) in [6.45, 7) is 1.93. The van der Waals surface area contributed by atoms with Gasteiger partial charge in [0.15, 0.2) is 0 Å². The summed E-state index contributed by atoms with van der Waals surface area (Å²) in [5.74, 6) is -0.624. The summed E-state index contributed by atoms with van der Waals surface area (Å²) in [6, 6.07) is 1.52. The van der Waals surface area contributed by atoms with Gasteiger partial charge in [-0.15, -0.1) is 0 Å². The number of aryl methyl sites for hydroxylation is 1. The fourth-order valence-electron chi connectivity index (χ4n) is 0.938. The summed E-state index contributed by atoms with van der Waals surface area (Å²) in [4.78, 5) is 22.1. The van der Waals surface area contributed by atoms with E-state index in [2.05, 4.69) is 15.2 Å². The van der Waals surface area contributed by atoms with Crippen LogP contribution in [0, 0.1) is 6.92 Å². The van der Waals surface area contributed by atoms with E-state index in [0.29, 0.717) is 5.69 Å². The van der Waals surface area contributed by atoms with Gasteiger partial charge in [-0.2, -0.15) is 0 Å². The fourth-order valence-corrected chi connectivity index (χ4v) is 0.938. The molecule has 15 heavy (non-hydrogen) atoms. The number of nitrogens with one attached hydrogen (secondary N) is 1. The van der Waals surface area contributed by atoms with Gasteiger partial charge < -0.3 is 14.6 Å². The third-order valence-corrected chi connectivity index (χ3v) is 1.69. The van der Waals surface area contributed by atoms with Crippen LogP contribution in [0.1, 0.15) is 22.7 Å². The number of esters is 1. The van der Waals surface area contributed by atoms with Crippen LogP contribution in [0.4, 0.5) is 0 Å². The Balaban J connectivity index is 2.34. The predicted octanol–water partition coefficient (Wildman–Crippen LogP) is 0.276. The number of carbonyl (C=O) groups excluding carboxylic acids is 2. The van der Waals surface area contributed by atoms with Crippen molar-refractivity contribution < 1.29 is 18.8 Å². The molecule has 1 rings (SSSR count). The van der Waals surface area contributed by atoms with Crippen molar-refractivity contribution in [3.8, 4) is 0 Å². The molecule has 1 N–H and O–H groups in total. The lowest BCUT2D eigenvalue weighted by Crippen LogP contribution is -2.25. The molecule has 0 aliphatic rings. The van der Waals surface area contributed by atoms with Crippen LogP contribution in [0.5, 0.6) is 0 Å². The number of hydrogen-bond acceptors (Lipinski definition) is 5. The van der Waals surface area contributed by atoms with E-state index < -0.39 is 0 Å². The zero-order valence-electron chi connectivity index (χ0n) is 8.57. The molecule has 0 aliphatic carbocycles. The maximum atomic E-state index is 11.3. The molecular weight excluding hydrogens is 200 g/mol. The number of aromatic nitrogens is 1. The molecule has 0 saturated heterocycles. The van der Waals surface area contributed by atoms with Crippen LogP contribution >= 0.6 is 0 Å². The minimum absolute atomic E-state index is 0.134. The SMILES string of the molecule is COC(=O)CCNC(=O)c1cc(C)no1. The summed E-state index contributed by atoms with van der Waals surface area (Å²) in [7, 11) is 1.30. The van der Waals surface area contributed by atoms with E-state index in [1.807, 2.05) is 0 Å². The van der Waals surface area contributed by atoms with Crippen molar-refractivity contribution in [1.29, 1.82) is 0 Å². The van der Waals surface area contributed by atoms with Crippen LogP contribution in [-0.4, -0.2) is 30.7 Å². The van der Waals surface area contributed by atoms with Gasteiger partial charge in [0, 0.05) is 12.6 Å². The van der Waals surface area contributed by atoms with E-state index in [0.717, 1.165) is 0 Å². The van der Waals surface area contributed by atoms with Crippen molar-refractivity contribution in [3.63, 3.8) is 0 Å². The topological polar surface area (TPSA) is 81.4 Å². The van der Waals surface area contributed by atoms with Gasteiger partial charge in [-0.3, -0.25) is 9.59 Å². The smallest absolute Gasteiger partial charge is 0.307 e. The summed E-state index contributed by atoms with van der Waals surface area (Å²) in [5, 5.41) is 6.07. The highest BCUT2D eigenvalue weighted by Gasteiger charge is 2.11. The molecule has 0 saturated carbocycles. The van der Waals surface area contributed by atoms with Crippen molar-refractivity contribution >= 4 is 11.9 Å². The first kappa shape index (κ1) is 11.2. The lowest BCUT2D eigenvalue weighted by molar-refractivity contribution is -0.140. The molecule has 0 atom stereocenters. The molecular formula is C9H12N2O4. The van der Waals surface area contributed by atoms with E-state index in [9.17, 15) is 9.59 Å². The first-order valence-corrected chi connectivity index (χ1v) is 4.42. The second-order valence-electron chi connectivity index (χ2n) is 2.91. The third-order valence-electron chi connectivity index (χ3n) is 1.69. The summed E-state index contributed by atoms with van der Waals surface area (Å²) in [5.41, 5.74) is 0.633. The summed E-state index contributed by atoms with van der Waals surface area (Å²) < 4.78 is 9.15. The minimum atomic E-state index is -0.389. The zero-order valence-corrected chi connectivity index (χ0v) is 8.57. The van der Waals surface area contributed by atoms with Crippen LogP contribution < -0.4 is 5.32 Å². The number of ether oxygens (including phenoxy) is 1. The largest absolute Gasteiger partial charge is 0.469 e. The Kier molecular flexibility index (Phi) is 3.84. The standard InChI is InChI=1S/C9H12N2O4/c1-6-5-7(15-11-6)9(13)10-4-3-8(12)14-2/h5H,3-4H2,1-2H3,(H,10,13). The fraction of sp³-hybridized carbons (Fsp3) is 0.444. The second-order valence-corrected chi connectivity index (χ2v) is 2.91. The Morgan fingerprint density at radius 1 is 1.60 bits per heavy atom. The molecule has 0 aromatic carbocycles. The average Bonchev–Trinajstić information content (AvgIpc) is 2.64. The molecule has 1 aromatic rings. The van der Waals surface area contributed by atoms with Crippen LogP contribution in [0.25, 0.3) is 0 Å². The molecule has 0 spiro atoms. The van der Waals surface area contributed by atoms with E-state index in [4.69, 9.17) is 4.52 Å². The Bertz CT molecular complexity index is 359. The summed E-state index contributed by atoms with van der Waals surface area (Å²) >= 11 is 0. The van der Waals surface area contributed by atoms with E-state index >= 15 is 0 Å². The second kappa shape index (κ2) is 5.14. The maximum Gasteiger partial charge on any atom is 0.307 e. The average molecular weight is 212 g/mol. The number of hydrogen-bond donors (Lipinski definition) is 1. The van der Waals surface area contributed by atoms with Gasteiger partial charge in [0.1, 0.15) is 0 Å². The lowest BCUT2D eigenvalue weighted by Gasteiger charge is -2.00. The van der Waals surface area contributed by atoms with Gasteiger partial charge in [-0.05, 0) is 6.92 Å². The number of carbonyl (C=O) groups is 2. The zero-order chi connectivity index (χ0) is 11.3. The number of methoxy groups -OCH3 is 1. The molecule has 0 aliphatic heterocycles. The van der Waals surface area contributed by atoms with Gasteiger partial charge >= 0.3 is 5.97 Å². The number of amides is 1. The Morgan fingerprint density at radius 2 is 2.33 bits per heavy atom.